The lowest BCUT2D eigenvalue weighted by Gasteiger charge is -2.39. The molecule has 1 fully saturated rings. The van der Waals surface area contributed by atoms with Gasteiger partial charge in [-0.1, -0.05) is 11.6 Å². The molecule has 0 spiro atoms. The van der Waals surface area contributed by atoms with Gasteiger partial charge in [-0.3, -0.25) is 0 Å². The second-order valence-electron chi connectivity index (χ2n) is 4.87. The number of hydrogen-bond donors (Lipinski definition) is 1. The van der Waals surface area contributed by atoms with Gasteiger partial charge in [0, 0.05) is 23.7 Å². The van der Waals surface area contributed by atoms with Crippen LogP contribution in [-0.4, -0.2) is 32.8 Å². The molecule has 1 aromatic rings. The van der Waals surface area contributed by atoms with E-state index in [4.69, 9.17) is 16.3 Å². The van der Waals surface area contributed by atoms with Crippen molar-refractivity contribution in [2.24, 2.45) is 0 Å². The van der Waals surface area contributed by atoms with Gasteiger partial charge in [-0.2, -0.15) is 0 Å². The summed E-state index contributed by atoms with van der Waals surface area (Å²) in [6.07, 6.45) is 2.29. The van der Waals surface area contributed by atoms with E-state index in [1.165, 1.54) is 0 Å². The molecule has 4 heteroatoms. The van der Waals surface area contributed by atoms with Crippen LogP contribution in [0, 0.1) is 0 Å². The maximum absolute atomic E-state index is 6.10. The van der Waals surface area contributed by atoms with E-state index in [1.807, 2.05) is 25.2 Å². The van der Waals surface area contributed by atoms with Crippen LogP contribution in [0.2, 0.25) is 5.02 Å². The number of halogens is 1. The fourth-order valence-electron chi connectivity index (χ4n) is 2.68. The van der Waals surface area contributed by atoms with E-state index in [1.54, 1.807) is 7.11 Å². The van der Waals surface area contributed by atoms with Crippen molar-refractivity contribution in [3.63, 3.8) is 0 Å². The third-order valence-corrected chi connectivity index (χ3v) is 3.97. The molecule has 2 atom stereocenters. The molecule has 1 heterocycles. The van der Waals surface area contributed by atoms with Crippen molar-refractivity contribution in [2.45, 2.75) is 31.8 Å². The average Bonchev–Trinajstić information content (AvgIpc) is 2.38. The molecule has 3 nitrogen and oxygen atoms in total. The van der Waals surface area contributed by atoms with Gasteiger partial charge in [0.25, 0.3) is 0 Å². The van der Waals surface area contributed by atoms with Crippen LogP contribution in [0.5, 0.6) is 5.75 Å². The second-order valence-corrected chi connectivity index (χ2v) is 5.30. The van der Waals surface area contributed by atoms with E-state index >= 15 is 0 Å². The normalized spacial score (nSPS) is 24.1. The van der Waals surface area contributed by atoms with E-state index in [2.05, 4.69) is 17.1 Å². The fraction of sp³-hybridized carbons (Fsp3) is 0.571. The summed E-state index contributed by atoms with van der Waals surface area (Å²) >= 11 is 6.10. The Hall–Kier alpha value is -0.930. The van der Waals surface area contributed by atoms with Crippen LogP contribution in [0.1, 0.15) is 19.8 Å². The maximum atomic E-state index is 6.10. The van der Waals surface area contributed by atoms with Gasteiger partial charge in [-0.25, -0.2) is 0 Å². The molecule has 100 valence electrons. The number of ether oxygens (including phenoxy) is 1. The van der Waals surface area contributed by atoms with Crippen molar-refractivity contribution in [3.05, 3.63) is 23.2 Å². The topological polar surface area (TPSA) is 24.5 Å². The lowest BCUT2D eigenvalue weighted by molar-refractivity contribution is 0.376. The van der Waals surface area contributed by atoms with Crippen molar-refractivity contribution >= 4 is 17.3 Å². The summed E-state index contributed by atoms with van der Waals surface area (Å²) < 4.78 is 5.44. The number of nitrogens with one attached hydrogen (secondary N) is 1. The minimum Gasteiger partial charge on any atom is -0.495 e. The van der Waals surface area contributed by atoms with Gasteiger partial charge >= 0.3 is 0 Å². The number of methoxy groups -OCH3 is 1. The van der Waals surface area contributed by atoms with Crippen LogP contribution in [0.25, 0.3) is 0 Å². The van der Waals surface area contributed by atoms with E-state index < -0.39 is 0 Å². The van der Waals surface area contributed by atoms with Gasteiger partial charge in [-0.05, 0) is 45.0 Å². The summed E-state index contributed by atoms with van der Waals surface area (Å²) in [5.74, 6) is 0.897. The van der Waals surface area contributed by atoms with Gasteiger partial charge in [-0.15, -0.1) is 0 Å². The van der Waals surface area contributed by atoms with Crippen LogP contribution in [0.4, 0.5) is 5.69 Å². The molecule has 0 aliphatic carbocycles. The van der Waals surface area contributed by atoms with Crippen LogP contribution < -0.4 is 15.0 Å². The zero-order valence-electron chi connectivity index (χ0n) is 11.2. The molecule has 18 heavy (non-hydrogen) atoms. The van der Waals surface area contributed by atoms with E-state index in [0.717, 1.165) is 35.8 Å². The molecular weight excluding hydrogens is 248 g/mol. The highest BCUT2D eigenvalue weighted by molar-refractivity contribution is 6.30. The number of rotatable bonds is 3. The minimum atomic E-state index is 0.489. The number of piperidine rings is 1. The van der Waals surface area contributed by atoms with E-state index in [9.17, 15) is 0 Å². The highest BCUT2D eigenvalue weighted by Gasteiger charge is 2.26. The maximum Gasteiger partial charge on any atom is 0.142 e. The monoisotopic (exact) mass is 268 g/mol. The van der Waals surface area contributed by atoms with Crippen LogP contribution in [0.15, 0.2) is 18.2 Å². The quantitative estimate of drug-likeness (QED) is 0.912. The van der Waals surface area contributed by atoms with Gasteiger partial charge < -0.3 is 15.0 Å². The smallest absolute Gasteiger partial charge is 0.142 e. The number of hydrogen-bond acceptors (Lipinski definition) is 3. The van der Waals surface area contributed by atoms with Gasteiger partial charge in [0.05, 0.1) is 12.8 Å². The summed E-state index contributed by atoms with van der Waals surface area (Å²) in [6.45, 7) is 3.28. The van der Waals surface area contributed by atoms with Crippen LogP contribution in [0.3, 0.4) is 0 Å². The molecule has 0 saturated carbocycles. The summed E-state index contributed by atoms with van der Waals surface area (Å²) in [4.78, 5) is 2.39. The lowest BCUT2D eigenvalue weighted by atomic mass is 9.97. The first-order valence-corrected chi connectivity index (χ1v) is 6.81. The first-order chi connectivity index (χ1) is 8.65. The van der Waals surface area contributed by atoms with Crippen molar-refractivity contribution in [3.8, 4) is 5.75 Å². The summed E-state index contributed by atoms with van der Waals surface area (Å²) in [5.41, 5.74) is 1.10. The van der Waals surface area contributed by atoms with Crippen molar-refractivity contribution < 1.29 is 4.74 Å². The largest absolute Gasteiger partial charge is 0.495 e. The Labute approximate surface area is 114 Å². The third-order valence-electron chi connectivity index (χ3n) is 3.73. The van der Waals surface area contributed by atoms with Crippen molar-refractivity contribution in [2.75, 3.05) is 25.6 Å². The molecule has 1 N–H and O–H groups in total. The molecule has 1 aliphatic rings. The standard InChI is InChI=1S/C14H21ClN2O/c1-10-8-12(16-2)6-7-17(10)13-9-11(15)4-5-14(13)18-3/h4-5,9-10,12,16H,6-8H2,1-3H3. The number of nitrogens with zero attached hydrogens (tertiary/aromatic N) is 1. The van der Waals surface area contributed by atoms with Crippen LogP contribution >= 0.6 is 11.6 Å². The molecular formula is C14H21ClN2O. The second kappa shape index (κ2) is 5.81. The van der Waals surface area contributed by atoms with Gasteiger partial charge in [0.15, 0.2) is 0 Å². The molecule has 0 amide bonds. The van der Waals surface area contributed by atoms with E-state index in [-0.39, 0.29) is 0 Å². The summed E-state index contributed by atoms with van der Waals surface area (Å²) in [6, 6.07) is 6.91. The first-order valence-electron chi connectivity index (χ1n) is 6.43. The molecule has 0 bridgehead atoms. The molecule has 0 radical (unpaired) electrons. The first kappa shape index (κ1) is 13.5. The average molecular weight is 269 g/mol. The molecule has 1 aromatic carbocycles. The molecule has 2 rings (SSSR count). The highest BCUT2D eigenvalue weighted by Crippen LogP contribution is 2.35. The summed E-state index contributed by atoms with van der Waals surface area (Å²) in [7, 11) is 3.74. The molecule has 1 aliphatic heterocycles. The molecule has 2 unspecified atom stereocenters. The Balaban J connectivity index is 2.23. The Morgan fingerprint density at radius 1 is 1.44 bits per heavy atom. The Morgan fingerprint density at radius 2 is 2.22 bits per heavy atom. The molecule has 1 saturated heterocycles. The highest BCUT2D eigenvalue weighted by atomic mass is 35.5. The number of benzene rings is 1. The van der Waals surface area contributed by atoms with Crippen molar-refractivity contribution in [1.29, 1.82) is 0 Å². The zero-order valence-corrected chi connectivity index (χ0v) is 12.0. The van der Waals surface area contributed by atoms with Crippen molar-refractivity contribution in [1.82, 2.24) is 5.32 Å². The summed E-state index contributed by atoms with van der Waals surface area (Å²) in [5, 5.41) is 4.12. The van der Waals surface area contributed by atoms with E-state index in [0.29, 0.717) is 12.1 Å². The zero-order chi connectivity index (χ0) is 13.1. The predicted octanol–water partition coefficient (Wildman–Crippen LogP) is 2.93. The minimum absolute atomic E-state index is 0.489. The van der Waals surface area contributed by atoms with Gasteiger partial charge in [0.1, 0.15) is 5.75 Å². The third kappa shape index (κ3) is 2.73. The fourth-order valence-corrected chi connectivity index (χ4v) is 2.85. The van der Waals surface area contributed by atoms with Crippen LogP contribution in [-0.2, 0) is 0 Å². The molecule has 0 aromatic heterocycles. The lowest BCUT2D eigenvalue weighted by Crippen LogP contribution is -2.46. The predicted molar refractivity (Wildman–Crippen MR) is 76.9 cm³/mol. The Morgan fingerprint density at radius 3 is 2.83 bits per heavy atom. The Bertz CT molecular complexity index is 411. The van der Waals surface area contributed by atoms with Gasteiger partial charge in [0.2, 0.25) is 0 Å². The SMILES string of the molecule is CNC1CCN(c2cc(Cl)ccc2OC)C(C)C1. The number of anilines is 1. The Kier molecular flexibility index (Phi) is 4.36.